The average molecular weight is 406 g/mol. The molecule has 28 heavy (non-hydrogen) atoms. The minimum atomic E-state index is 0.685. The Morgan fingerprint density at radius 2 is 1.68 bits per heavy atom. The summed E-state index contributed by atoms with van der Waals surface area (Å²) in [7, 11) is 0. The highest BCUT2D eigenvalue weighted by Gasteiger charge is 2.16. The third-order valence-electron chi connectivity index (χ3n) is 4.67. The molecule has 0 radical (unpaired) electrons. The van der Waals surface area contributed by atoms with E-state index in [1.807, 2.05) is 42.5 Å². The molecule has 3 aromatic carbocycles. The van der Waals surface area contributed by atoms with Gasteiger partial charge in [0.05, 0.1) is 0 Å². The predicted octanol–water partition coefficient (Wildman–Crippen LogP) is 6.50. The summed E-state index contributed by atoms with van der Waals surface area (Å²) in [6.45, 7) is 4.28. The van der Waals surface area contributed by atoms with Gasteiger partial charge in [-0.1, -0.05) is 71.9 Å². The fourth-order valence-electron chi connectivity index (χ4n) is 3.03. The van der Waals surface area contributed by atoms with E-state index in [1.165, 1.54) is 16.7 Å². The van der Waals surface area contributed by atoms with Gasteiger partial charge in [-0.3, -0.25) is 4.57 Å². The van der Waals surface area contributed by atoms with Crippen LogP contribution in [0.5, 0.6) is 0 Å². The van der Waals surface area contributed by atoms with E-state index in [4.69, 9.17) is 11.6 Å². The van der Waals surface area contributed by atoms with Crippen LogP contribution in [0, 0.1) is 13.8 Å². The Hall–Kier alpha value is -2.56. The highest BCUT2D eigenvalue weighted by atomic mass is 35.5. The molecule has 4 rings (SSSR count). The number of aryl methyl sites for hydroxylation is 2. The molecule has 0 amide bonds. The van der Waals surface area contributed by atoms with Crippen molar-refractivity contribution in [1.82, 2.24) is 14.8 Å². The topological polar surface area (TPSA) is 30.7 Å². The fourth-order valence-corrected chi connectivity index (χ4v) is 4.11. The van der Waals surface area contributed by atoms with Crippen LogP contribution < -0.4 is 0 Å². The largest absolute Gasteiger partial charge is 0.270 e. The van der Waals surface area contributed by atoms with E-state index in [0.717, 1.165) is 28.0 Å². The van der Waals surface area contributed by atoms with E-state index in [0.29, 0.717) is 5.02 Å². The Kier molecular flexibility index (Phi) is 5.51. The number of hydrogen-bond acceptors (Lipinski definition) is 3. The molecule has 0 saturated heterocycles. The zero-order valence-electron chi connectivity index (χ0n) is 15.8. The maximum absolute atomic E-state index is 6.21. The first-order chi connectivity index (χ1) is 13.6. The zero-order valence-corrected chi connectivity index (χ0v) is 17.3. The molecule has 0 spiro atoms. The van der Waals surface area contributed by atoms with E-state index in [-0.39, 0.29) is 0 Å². The van der Waals surface area contributed by atoms with E-state index < -0.39 is 0 Å². The predicted molar refractivity (Wildman–Crippen MR) is 117 cm³/mol. The summed E-state index contributed by atoms with van der Waals surface area (Å²) < 4.78 is 2.09. The number of hydrogen-bond donors (Lipinski definition) is 0. The Balaban J connectivity index is 1.72. The summed E-state index contributed by atoms with van der Waals surface area (Å²) in [5, 5.41) is 10.5. The van der Waals surface area contributed by atoms with Crippen LogP contribution in [-0.2, 0) is 5.75 Å². The molecule has 0 unspecified atom stereocenters. The Morgan fingerprint density at radius 1 is 0.857 bits per heavy atom. The summed E-state index contributed by atoms with van der Waals surface area (Å²) >= 11 is 7.89. The van der Waals surface area contributed by atoms with E-state index in [2.05, 4.69) is 58.9 Å². The van der Waals surface area contributed by atoms with Gasteiger partial charge >= 0.3 is 0 Å². The average Bonchev–Trinajstić information content (AvgIpc) is 3.13. The van der Waals surface area contributed by atoms with E-state index >= 15 is 0 Å². The van der Waals surface area contributed by atoms with Crippen molar-refractivity contribution in [2.45, 2.75) is 24.8 Å². The van der Waals surface area contributed by atoms with Crippen LogP contribution in [0.15, 0.2) is 78.0 Å². The van der Waals surface area contributed by atoms with Crippen LogP contribution in [0.3, 0.4) is 0 Å². The lowest BCUT2D eigenvalue weighted by Crippen LogP contribution is -1.99. The first-order valence-electron chi connectivity index (χ1n) is 9.07. The smallest absolute Gasteiger partial charge is 0.196 e. The molecule has 140 valence electrons. The normalized spacial score (nSPS) is 11.0. The maximum atomic E-state index is 6.21. The van der Waals surface area contributed by atoms with Crippen molar-refractivity contribution in [3.05, 3.63) is 94.5 Å². The van der Waals surface area contributed by atoms with Crippen molar-refractivity contribution in [3.63, 3.8) is 0 Å². The van der Waals surface area contributed by atoms with Crippen LogP contribution in [0.1, 0.15) is 16.7 Å². The van der Waals surface area contributed by atoms with Gasteiger partial charge in [-0.2, -0.15) is 0 Å². The van der Waals surface area contributed by atoms with Crippen molar-refractivity contribution < 1.29 is 0 Å². The molecule has 0 saturated carbocycles. The van der Waals surface area contributed by atoms with Gasteiger partial charge in [-0.15, -0.1) is 10.2 Å². The maximum Gasteiger partial charge on any atom is 0.196 e. The van der Waals surface area contributed by atoms with Crippen LogP contribution >= 0.6 is 23.4 Å². The molecule has 1 aromatic heterocycles. The van der Waals surface area contributed by atoms with Gasteiger partial charge < -0.3 is 0 Å². The molecular formula is C23H20ClN3S. The Labute approximate surface area is 174 Å². The lowest BCUT2D eigenvalue weighted by Gasteiger charge is -2.11. The van der Waals surface area contributed by atoms with Crippen LogP contribution in [0.4, 0.5) is 0 Å². The van der Waals surface area contributed by atoms with E-state index in [9.17, 15) is 0 Å². The third-order valence-corrected chi connectivity index (χ3v) is 5.91. The molecule has 0 aliphatic heterocycles. The van der Waals surface area contributed by atoms with Gasteiger partial charge in [0.25, 0.3) is 0 Å². The monoisotopic (exact) mass is 405 g/mol. The molecule has 4 aromatic rings. The van der Waals surface area contributed by atoms with Crippen molar-refractivity contribution in [1.29, 1.82) is 0 Å². The summed E-state index contributed by atoms with van der Waals surface area (Å²) in [5.41, 5.74) is 5.87. The van der Waals surface area contributed by atoms with Crippen LogP contribution in [-0.4, -0.2) is 14.8 Å². The van der Waals surface area contributed by atoms with Gasteiger partial charge in [0.1, 0.15) is 0 Å². The highest BCUT2D eigenvalue weighted by molar-refractivity contribution is 7.98. The lowest BCUT2D eigenvalue weighted by atomic mass is 10.1. The SMILES string of the molecule is Cc1ccc(CSc2nnc(-c3cccc(Cl)c3)n2-c2ccccc2)cc1C. The summed E-state index contributed by atoms with van der Waals surface area (Å²) in [6.07, 6.45) is 0. The van der Waals surface area contributed by atoms with Gasteiger partial charge in [0, 0.05) is 22.0 Å². The highest BCUT2D eigenvalue weighted by Crippen LogP contribution is 2.30. The fraction of sp³-hybridized carbons (Fsp3) is 0.130. The number of thioether (sulfide) groups is 1. The molecule has 3 nitrogen and oxygen atoms in total. The number of benzene rings is 3. The first-order valence-corrected chi connectivity index (χ1v) is 10.4. The molecular weight excluding hydrogens is 386 g/mol. The molecule has 0 bridgehead atoms. The van der Waals surface area contributed by atoms with Crippen LogP contribution in [0.25, 0.3) is 17.1 Å². The second-order valence-corrected chi connectivity index (χ2v) is 8.07. The molecule has 0 fully saturated rings. The molecule has 0 N–H and O–H groups in total. The Morgan fingerprint density at radius 3 is 2.43 bits per heavy atom. The van der Waals surface area contributed by atoms with Crippen molar-refractivity contribution in [2.24, 2.45) is 0 Å². The van der Waals surface area contributed by atoms with Crippen LogP contribution in [0.2, 0.25) is 5.02 Å². The summed E-state index contributed by atoms with van der Waals surface area (Å²) in [4.78, 5) is 0. The Bertz CT molecular complexity index is 1110. The lowest BCUT2D eigenvalue weighted by molar-refractivity contribution is 0.886. The second-order valence-electron chi connectivity index (χ2n) is 6.69. The second kappa shape index (κ2) is 8.21. The number of rotatable bonds is 5. The number of para-hydroxylation sites is 1. The third kappa shape index (κ3) is 3.98. The minimum Gasteiger partial charge on any atom is -0.270 e. The van der Waals surface area contributed by atoms with Gasteiger partial charge in [0.15, 0.2) is 11.0 Å². The molecule has 0 atom stereocenters. The molecule has 0 aliphatic carbocycles. The minimum absolute atomic E-state index is 0.685. The van der Waals surface area contributed by atoms with Crippen molar-refractivity contribution in [2.75, 3.05) is 0 Å². The number of nitrogens with zero attached hydrogens (tertiary/aromatic N) is 3. The summed E-state index contributed by atoms with van der Waals surface area (Å²) in [6, 6.07) is 24.5. The van der Waals surface area contributed by atoms with Crippen molar-refractivity contribution in [3.8, 4) is 17.1 Å². The standard InChI is InChI=1S/C23H20ClN3S/c1-16-11-12-18(13-17(16)2)15-28-23-26-25-22(19-7-6-8-20(24)14-19)27(23)21-9-4-3-5-10-21/h3-14H,15H2,1-2H3. The van der Waals surface area contributed by atoms with Gasteiger partial charge in [-0.25, -0.2) is 0 Å². The first kappa shape index (κ1) is 18.8. The quantitative estimate of drug-likeness (QED) is 0.355. The zero-order chi connectivity index (χ0) is 19.5. The molecule has 1 heterocycles. The van der Waals surface area contributed by atoms with Crippen molar-refractivity contribution >= 4 is 23.4 Å². The number of aromatic nitrogens is 3. The molecule has 5 heteroatoms. The molecule has 0 aliphatic rings. The van der Waals surface area contributed by atoms with Gasteiger partial charge in [0.2, 0.25) is 0 Å². The number of halogens is 1. The summed E-state index contributed by atoms with van der Waals surface area (Å²) in [5.74, 6) is 1.62. The van der Waals surface area contributed by atoms with Gasteiger partial charge in [-0.05, 0) is 54.8 Å². The van der Waals surface area contributed by atoms with E-state index in [1.54, 1.807) is 11.8 Å².